The number of hydrogen-bond donors (Lipinski definition) is 0. The molecule has 0 unspecified atom stereocenters. The summed E-state index contributed by atoms with van der Waals surface area (Å²) in [5, 5.41) is 9.28. The Bertz CT molecular complexity index is 2300. The fourth-order valence-corrected chi connectivity index (χ4v) is 11.1. The van der Waals surface area contributed by atoms with Gasteiger partial charge >= 0.3 is 0 Å². The Morgan fingerprint density at radius 1 is 0.519 bits per heavy atom. The lowest BCUT2D eigenvalue weighted by molar-refractivity contribution is -0.00518. The molecule has 52 heavy (non-hydrogen) atoms. The Balaban J connectivity index is 0.996. The van der Waals surface area contributed by atoms with Gasteiger partial charge in [-0.15, -0.1) is 0 Å². The first-order valence-corrected chi connectivity index (χ1v) is 19.2. The fraction of sp³-hybridized carbons (Fsp3) is 0.260. The van der Waals surface area contributed by atoms with E-state index < -0.39 is 0 Å². The zero-order chi connectivity index (χ0) is 35.0. The van der Waals surface area contributed by atoms with Gasteiger partial charge in [0.15, 0.2) is 0 Å². The third-order valence-electron chi connectivity index (χ3n) is 13.3. The summed E-state index contributed by atoms with van der Waals surface area (Å²) in [4.78, 5) is 2.39. The van der Waals surface area contributed by atoms with Crippen molar-refractivity contribution in [3.63, 3.8) is 0 Å². The summed E-state index contributed by atoms with van der Waals surface area (Å²) in [6, 6.07) is 53.6. The fourth-order valence-electron chi connectivity index (χ4n) is 11.1. The summed E-state index contributed by atoms with van der Waals surface area (Å²) in [5.41, 5.74) is 16.2. The van der Waals surface area contributed by atoms with Crippen LogP contribution in [-0.2, 0) is 10.8 Å². The van der Waals surface area contributed by atoms with E-state index in [2.05, 4.69) is 140 Å². The number of benzene rings is 6. The Morgan fingerprint density at radius 2 is 0.981 bits per heavy atom. The molecule has 0 amide bonds. The van der Waals surface area contributed by atoms with E-state index in [-0.39, 0.29) is 5.41 Å². The van der Waals surface area contributed by atoms with Crippen molar-refractivity contribution in [1.29, 1.82) is 5.26 Å². The summed E-state index contributed by atoms with van der Waals surface area (Å²) >= 11 is 0. The maximum atomic E-state index is 9.28. The van der Waals surface area contributed by atoms with Crippen molar-refractivity contribution in [1.82, 2.24) is 0 Å². The van der Waals surface area contributed by atoms with Gasteiger partial charge in [-0.05, 0) is 160 Å². The minimum absolute atomic E-state index is 0.0841. The van der Waals surface area contributed by atoms with E-state index in [1.165, 1.54) is 71.9 Å². The molecule has 6 aromatic carbocycles. The molecule has 0 N–H and O–H groups in total. The van der Waals surface area contributed by atoms with Gasteiger partial charge in [0.25, 0.3) is 0 Å². The van der Waals surface area contributed by atoms with E-state index in [0.29, 0.717) is 11.0 Å². The first-order valence-electron chi connectivity index (χ1n) is 19.2. The molecular weight excluding hydrogens is 629 g/mol. The van der Waals surface area contributed by atoms with Crippen LogP contribution < -0.4 is 4.90 Å². The molecule has 0 aromatic heterocycles. The molecule has 2 nitrogen and oxygen atoms in total. The van der Waals surface area contributed by atoms with Crippen LogP contribution in [0.25, 0.3) is 33.4 Å². The van der Waals surface area contributed by atoms with E-state index in [1.54, 1.807) is 5.56 Å². The lowest BCUT2D eigenvalue weighted by Crippen LogP contribution is -2.48. The molecule has 0 heterocycles. The van der Waals surface area contributed by atoms with E-state index in [9.17, 15) is 5.26 Å². The average Bonchev–Trinajstić information content (AvgIpc) is 3.40. The van der Waals surface area contributed by atoms with Crippen LogP contribution in [0, 0.1) is 29.1 Å². The third kappa shape index (κ3) is 5.05. The summed E-state index contributed by atoms with van der Waals surface area (Å²) in [7, 11) is 0. The third-order valence-corrected chi connectivity index (χ3v) is 13.3. The molecule has 5 aliphatic rings. The molecule has 0 atom stereocenters. The molecule has 4 bridgehead atoms. The van der Waals surface area contributed by atoms with Crippen molar-refractivity contribution in [2.24, 2.45) is 17.8 Å². The van der Waals surface area contributed by atoms with Crippen LogP contribution in [0.3, 0.4) is 0 Å². The molecule has 254 valence electrons. The molecule has 4 fully saturated rings. The van der Waals surface area contributed by atoms with E-state index >= 15 is 0 Å². The quantitative estimate of drug-likeness (QED) is 0.176. The van der Waals surface area contributed by atoms with Crippen molar-refractivity contribution in [2.75, 3.05) is 4.90 Å². The highest BCUT2D eigenvalue weighted by molar-refractivity contribution is 5.86. The first-order chi connectivity index (χ1) is 25.4. The van der Waals surface area contributed by atoms with Gasteiger partial charge in [-0.3, -0.25) is 0 Å². The average molecular weight is 673 g/mol. The molecule has 0 radical (unpaired) electrons. The smallest absolute Gasteiger partial charge is 0.0991 e. The monoisotopic (exact) mass is 672 g/mol. The van der Waals surface area contributed by atoms with Crippen molar-refractivity contribution in [3.05, 3.63) is 162 Å². The maximum absolute atomic E-state index is 9.28. The number of anilines is 3. The molecule has 0 aliphatic heterocycles. The van der Waals surface area contributed by atoms with Gasteiger partial charge in [0, 0.05) is 22.5 Å². The highest BCUT2D eigenvalue weighted by atomic mass is 15.1. The molecule has 4 saturated carbocycles. The van der Waals surface area contributed by atoms with E-state index in [0.717, 1.165) is 45.9 Å². The van der Waals surface area contributed by atoms with Crippen LogP contribution in [0.5, 0.6) is 0 Å². The minimum atomic E-state index is -0.0841. The van der Waals surface area contributed by atoms with Gasteiger partial charge in [0.05, 0.1) is 11.6 Å². The van der Waals surface area contributed by atoms with Crippen LogP contribution in [0.4, 0.5) is 17.1 Å². The Kier molecular flexibility index (Phi) is 7.13. The standard InChI is InChI=1S/C50H44N2/c1-49(2)47-6-4-3-5-45(47)46-24-23-44(28-48(46)49)52(42-19-13-39(14-20-42)37-9-7-33(32-51)8-10-37)43-21-15-40(16-22-43)38-11-17-41(18-12-38)50-29-34-25-35(30-50)27-36(26-34)31-50/h3-24,28,34-36H,25-27,29-31H2,1-2H3. The second kappa shape index (κ2) is 11.8. The largest absolute Gasteiger partial charge is 0.310 e. The van der Waals surface area contributed by atoms with Gasteiger partial charge in [-0.1, -0.05) is 105 Å². The van der Waals surface area contributed by atoms with Crippen LogP contribution in [0.15, 0.2) is 140 Å². The number of fused-ring (bicyclic) bond motifs is 3. The molecule has 6 aromatic rings. The SMILES string of the molecule is CC1(C)c2ccccc2-c2ccc(N(c3ccc(-c4ccc(C#N)cc4)cc3)c3ccc(-c4ccc(C56CC7CC(CC(C7)C5)C6)cc4)cc3)cc21. The molecule has 0 saturated heterocycles. The summed E-state index contributed by atoms with van der Waals surface area (Å²) in [6.45, 7) is 4.70. The summed E-state index contributed by atoms with van der Waals surface area (Å²) < 4.78 is 0. The number of nitriles is 1. The second-order valence-electron chi connectivity index (χ2n) is 16.8. The number of hydrogen-bond acceptors (Lipinski definition) is 2. The predicted molar refractivity (Wildman–Crippen MR) is 214 cm³/mol. The molecule has 2 heteroatoms. The van der Waals surface area contributed by atoms with Crippen LogP contribution in [0.2, 0.25) is 0 Å². The molecule has 0 spiro atoms. The van der Waals surface area contributed by atoms with Gasteiger partial charge in [-0.2, -0.15) is 5.26 Å². The van der Waals surface area contributed by atoms with Gasteiger partial charge in [0.2, 0.25) is 0 Å². The summed E-state index contributed by atoms with van der Waals surface area (Å²) in [6.07, 6.45) is 8.67. The van der Waals surface area contributed by atoms with Gasteiger partial charge in [-0.25, -0.2) is 0 Å². The lowest BCUT2D eigenvalue weighted by Gasteiger charge is -2.57. The van der Waals surface area contributed by atoms with E-state index in [4.69, 9.17) is 0 Å². The lowest BCUT2D eigenvalue weighted by atomic mass is 9.48. The van der Waals surface area contributed by atoms with Crippen LogP contribution >= 0.6 is 0 Å². The van der Waals surface area contributed by atoms with Crippen molar-refractivity contribution >= 4 is 17.1 Å². The number of nitrogens with zero attached hydrogens (tertiary/aromatic N) is 2. The van der Waals surface area contributed by atoms with Crippen LogP contribution in [-0.4, -0.2) is 0 Å². The normalized spacial score (nSPS) is 23.1. The van der Waals surface area contributed by atoms with E-state index in [1.807, 2.05) is 24.3 Å². The van der Waals surface area contributed by atoms with Crippen LogP contribution in [0.1, 0.15) is 74.6 Å². The van der Waals surface area contributed by atoms with Crippen molar-refractivity contribution < 1.29 is 0 Å². The molecule has 5 aliphatic carbocycles. The second-order valence-corrected chi connectivity index (χ2v) is 16.8. The Morgan fingerprint density at radius 3 is 1.52 bits per heavy atom. The topological polar surface area (TPSA) is 27.0 Å². The van der Waals surface area contributed by atoms with Crippen molar-refractivity contribution in [2.45, 2.75) is 63.2 Å². The zero-order valence-corrected chi connectivity index (χ0v) is 30.1. The minimum Gasteiger partial charge on any atom is -0.310 e. The van der Waals surface area contributed by atoms with Crippen molar-refractivity contribution in [3.8, 4) is 39.4 Å². The molecular formula is C50H44N2. The van der Waals surface area contributed by atoms with Gasteiger partial charge in [0.1, 0.15) is 0 Å². The predicted octanol–water partition coefficient (Wildman–Crippen LogP) is 13.1. The number of rotatable bonds is 6. The Labute approximate surface area is 308 Å². The van der Waals surface area contributed by atoms with Gasteiger partial charge < -0.3 is 4.90 Å². The zero-order valence-electron chi connectivity index (χ0n) is 30.1. The summed E-state index contributed by atoms with van der Waals surface area (Å²) in [5.74, 6) is 2.88. The first kappa shape index (κ1) is 31.4. The highest BCUT2D eigenvalue weighted by Gasteiger charge is 2.51. The Hall–Kier alpha value is -5.39. The molecule has 11 rings (SSSR count). The maximum Gasteiger partial charge on any atom is 0.0991 e. The highest BCUT2D eigenvalue weighted by Crippen LogP contribution is 2.61.